The van der Waals surface area contributed by atoms with Crippen LogP contribution in [0.15, 0.2) is 12.5 Å². The Balaban J connectivity index is 2.70. The van der Waals surface area contributed by atoms with Crippen molar-refractivity contribution in [2.75, 3.05) is 12.0 Å². The third kappa shape index (κ3) is 4.92. The van der Waals surface area contributed by atoms with Crippen molar-refractivity contribution in [3.05, 3.63) is 18.1 Å². The molecular formula is C18H24N4O7. The molecule has 2 rings (SSSR count). The molecule has 0 bridgehead atoms. The smallest absolute Gasteiger partial charge is 0.425 e. The fraction of sp³-hybridized carbons (Fsp3) is 0.500. The molecule has 0 unspecified atom stereocenters. The van der Waals surface area contributed by atoms with E-state index in [0.717, 1.165) is 17.0 Å². The molecule has 11 heteroatoms. The van der Waals surface area contributed by atoms with Gasteiger partial charge in [-0.3, -0.25) is 0 Å². The second-order valence-corrected chi connectivity index (χ2v) is 8.05. The van der Waals surface area contributed by atoms with Gasteiger partial charge in [0.2, 0.25) is 0 Å². The lowest BCUT2D eigenvalue weighted by atomic mass is 10.2. The van der Waals surface area contributed by atoms with Gasteiger partial charge in [0.25, 0.3) is 0 Å². The van der Waals surface area contributed by atoms with Crippen molar-refractivity contribution in [1.82, 2.24) is 14.6 Å². The predicted molar refractivity (Wildman–Crippen MR) is 101 cm³/mol. The van der Waals surface area contributed by atoms with Crippen LogP contribution < -0.4 is 9.64 Å². The molecule has 11 nitrogen and oxygen atoms in total. The fourth-order valence-electron chi connectivity index (χ4n) is 2.32. The number of carboxylic acid groups (broad SMARTS) is 1. The first-order valence-corrected chi connectivity index (χ1v) is 8.65. The molecule has 0 saturated carbocycles. The normalized spacial score (nSPS) is 11.8. The third-order valence-electron chi connectivity index (χ3n) is 3.30. The molecule has 0 atom stereocenters. The standard InChI is InChI=1S/C18H24N4O7/c1-17(2,3)28-15(25)22(16(26)29-18(4,5)6)13-12(27-7)11-10(14(23)24)8-20-21(11)9-19-13/h8-9H,1-7H3,(H,23,24). The molecule has 2 aromatic heterocycles. The number of hydrogen-bond donors (Lipinski definition) is 1. The number of aromatic carboxylic acids is 1. The summed E-state index contributed by atoms with van der Waals surface area (Å²) in [6.07, 6.45) is 0.148. The molecule has 0 spiro atoms. The van der Waals surface area contributed by atoms with Crippen LogP contribution in [-0.2, 0) is 9.47 Å². The number of rotatable bonds is 3. The number of carbonyl (C=O) groups excluding carboxylic acids is 2. The molecular weight excluding hydrogens is 384 g/mol. The topological polar surface area (TPSA) is 133 Å². The quantitative estimate of drug-likeness (QED) is 0.813. The number of methoxy groups -OCH3 is 1. The summed E-state index contributed by atoms with van der Waals surface area (Å²) in [6, 6.07) is 0. The molecule has 0 fully saturated rings. The summed E-state index contributed by atoms with van der Waals surface area (Å²) in [5.41, 5.74) is -2.02. The van der Waals surface area contributed by atoms with Gasteiger partial charge in [0.15, 0.2) is 11.6 Å². The number of amides is 2. The largest absolute Gasteiger partial charge is 0.491 e. The molecule has 1 N–H and O–H groups in total. The van der Waals surface area contributed by atoms with Gasteiger partial charge >= 0.3 is 18.2 Å². The Morgan fingerprint density at radius 2 is 1.55 bits per heavy atom. The molecule has 158 valence electrons. The van der Waals surface area contributed by atoms with Crippen molar-refractivity contribution in [3.63, 3.8) is 0 Å². The summed E-state index contributed by atoms with van der Waals surface area (Å²) in [7, 11) is 1.25. The summed E-state index contributed by atoms with van der Waals surface area (Å²) in [4.78, 5) is 41.8. The van der Waals surface area contributed by atoms with E-state index in [4.69, 9.17) is 14.2 Å². The van der Waals surface area contributed by atoms with E-state index in [1.165, 1.54) is 7.11 Å². The second-order valence-electron chi connectivity index (χ2n) is 8.05. The highest BCUT2D eigenvalue weighted by molar-refractivity contribution is 6.11. The van der Waals surface area contributed by atoms with E-state index in [2.05, 4.69) is 10.1 Å². The Morgan fingerprint density at radius 1 is 1.03 bits per heavy atom. The number of fused-ring (bicyclic) bond motifs is 1. The van der Waals surface area contributed by atoms with Crippen molar-refractivity contribution in [1.29, 1.82) is 0 Å². The number of hydrogen-bond acceptors (Lipinski definition) is 8. The van der Waals surface area contributed by atoms with Crippen LogP contribution in [0.1, 0.15) is 51.9 Å². The average Bonchev–Trinajstić information content (AvgIpc) is 2.95. The van der Waals surface area contributed by atoms with Crippen molar-refractivity contribution in [2.24, 2.45) is 0 Å². The molecule has 2 amide bonds. The minimum atomic E-state index is -1.27. The maximum atomic E-state index is 12.8. The summed E-state index contributed by atoms with van der Waals surface area (Å²) in [5, 5.41) is 13.3. The van der Waals surface area contributed by atoms with Crippen molar-refractivity contribution < 1.29 is 33.7 Å². The third-order valence-corrected chi connectivity index (χ3v) is 3.30. The zero-order valence-corrected chi connectivity index (χ0v) is 17.3. The van der Waals surface area contributed by atoms with Crippen molar-refractivity contribution >= 4 is 29.5 Å². The van der Waals surface area contributed by atoms with Gasteiger partial charge in [-0.15, -0.1) is 0 Å². The van der Waals surface area contributed by atoms with Gasteiger partial charge < -0.3 is 19.3 Å². The highest BCUT2D eigenvalue weighted by Crippen LogP contribution is 2.34. The van der Waals surface area contributed by atoms with Gasteiger partial charge in [-0.25, -0.2) is 23.9 Å². The van der Waals surface area contributed by atoms with Crippen LogP contribution >= 0.6 is 0 Å². The molecule has 0 aliphatic carbocycles. The first-order valence-electron chi connectivity index (χ1n) is 8.65. The number of ether oxygens (including phenoxy) is 3. The lowest BCUT2D eigenvalue weighted by Crippen LogP contribution is -2.44. The Labute approximate surface area is 167 Å². The number of nitrogens with zero attached hydrogens (tertiary/aromatic N) is 4. The molecule has 2 aromatic rings. The van der Waals surface area contributed by atoms with Crippen molar-refractivity contribution in [2.45, 2.75) is 52.7 Å². The van der Waals surface area contributed by atoms with Crippen LogP contribution in [0.25, 0.3) is 5.52 Å². The van der Waals surface area contributed by atoms with Crippen LogP contribution in [-0.4, -0.2) is 56.2 Å². The van der Waals surface area contributed by atoms with E-state index in [1.807, 2.05) is 0 Å². The number of carbonyl (C=O) groups is 3. The Morgan fingerprint density at radius 3 is 1.97 bits per heavy atom. The lowest BCUT2D eigenvalue weighted by molar-refractivity contribution is 0.0427. The van der Waals surface area contributed by atoms with Crippen LogP contribution in [0.4, 0.5) is 15.4 Å². The minimum absolute atomic E-state index is 0.0158. The maximum absolute atomic E-state index is 12.8. The number of aromatic nitrogens is 3. The minimum Gasteiger partial charge on any atom is -0.491 e. The van der Waals surface area contributed by atoms with Gasteiger partial charge in [-0.1, -0.05) is 0 Å². The lowest BCUT2D eigenvalue weighted by Gasteiger charge is -2.28. The van der Waals surface area contributed by atoms with Crippen LogP contribution in [0.3, 0.4) is 0 Å². The van der Waals surface area contributed by atoms with E-state index in [0.29, 0.717) is 4.90 Å². The molecule has 0 aromatic carbocycles. The maximum Gasteiger partial charge on any atom is 0.425 e. The predicted octanol–water partition coefficient (Wildman–Crippen LogP) is 3.11. The van der Waals surface area contributed by atoms with Crippen LogP contribution in [0.2, 0.25) is 0 Å². The highest BCUT2D eigenvalue weighted by Gasteiger charge is 2.37. The summed E-state index contributed by atoms with van der Waals surface area (Å²) < 4.78 is 17.1. The monoisotopic (exact) mass is 408 g/mol. The number of imide groups is 1. The number of carboxylic acids is 1. The van der Waals surface area contributed by atoms with Crippen LogP contribution in [0, 0.1) is 0 Å². The van der Waals surface area contributed by atoms with Gasteiger partial charge in [-0.2, -0.15) is 10.00 Å². The summed E-state index contributed by atoms with van der Waals surface area (Å²) in [6.45, 7) is 9.78. The Hall–Kier alpha value is -3.37. The number of anilines is 1. The zero-order chi connectivity index (χ0) is 22.1. The van der Waals surface area contributed by atoms with Gasteiger partial charge in [0.1, 0.15) is 28.6 Å². The van der Waals surface area contributed by atoms with Crippen molar-refractivity contribution in [3.8, 4) is 5.75 Å². The Bertz CT molecular complexity index is 925. The average molecular weight is 408 g/mol. The second kappa shape index (κ2) is 7.57. The van der Waals surface area contributed by atoms with E-state index >= 15 is 0 Å². The molecule has 29 heavy (non-hydrogen) atoms. The molecule has 0 saturated heterocycles. The first-order chi connectivity index (χ1) is 13.2. The fourth-order valence-corrected chi connectivity index (χ4v) is 2.32. The van der Waals surface area contributed by atoms with E-state index in [1.54, 1.807) is 41.5 Å². The zero-order valence-electron chi connectivity index (χ0n) is 17.3. The van der Waals surface area contributed by atoms with E-state index in [-0.39, 0.29) is 22.6 Å². The molecule has 2 heterocycles. The van der Waals surface area contributed by atoms with Gasteiger partial charge in [0.05, 0.1) is 13.3 Å². The first kappa shape index (κ1) is 21.9. The molecule has 0 aliphatic heterocycles. The van der Waals surface area contributed by atoms with Gasteiger partial charge in [-0.05, 0) is 41.5 Å². The van der Waals surface area contributed by atoms with E-state index < -0.39 is 29.4 Å². The van der Waals surface area contributed by atoms with E-state index in [9.17, 15) is 19.5 Å². The summed E-state index contributed by atoms with van der Waals surface area (Å²) >= 11 is 0. The SMILES string of the molecule is COc1c(N(C(=O)OC(C)(C)C)C(=O)OC(C)(C)C)ncn2ncc(C(=O)O)c12. The van der Waals surface area contributed by atoms with Gasteiger partial charge in [0, 0.05) is 0 Å². The summed E-state index contributed by atoms with van der Waals surface area (Å²) in [5.74, 6) is -1.71. The highest BCUT2D eigenvalue weighted by atomic mass is 16.6. The molecule has 0 radical (unpaired) electrons. The Kier molecular flexibility index (Phi) is 5.72. The van der Waals surface area contributed by atoms with Crippen LogP contribution in [0.5, 0.6) is 5.75 Å². The molecule has 0 aliphatic rings.